The van der Waals surface area contributed by atoms with Crippen molar-refractivity contribution in [3.05, 3.63) is 21.9 Å². The first kappa shape index (κ1) is 24.6. The van der Waals surface area contributed by atoms with E-state index in [1.807, 2.05) is 18.7 Å². The molecule has 9 heteroatoms. The average Bonchev–Trinajstić information content (AvgIpc) is 3.19. The number of hydrogen-bond acceptors (Lipinski definition) is 4. The maximum absolute atomic E-state index is 12.6. The lowest BCUT2D eigenvalue weighted by Crippen LogP contribution is -2.47. The van der Waals surface area contributed by atoms with Crippen LogP contribution in [0, 0.1) is 0 Å². The zero-order valence-electron chi connectivity index (χ0n) is 17.3. The number of guanidine groups is 1. The molecule has 1 aromatic heterocycles. The Kier molecular flexibility index (Phi) is 10.4. The molecular weight excluding hydrogens is 519 g/mol. The summed E-state index contributed by atoms with van der Waals surface area (Å²) in [7, 11) is -0.742. The number of halogens is 1. The lowest BCUT2D eigenvalue weighted by molar-refractivity contribution is -0.130. The number of thiophene rings is 1. The zero-order chi connectivity index (χ0) is 19.9. The number of aliphatic imine (C=N–C) groups is 1. The molecule has 0 aromatic carbocycles. The number of amides is 1. The summed E-state index contributed by atoms with van der Waals surface area (Å²) in [5.74, 6) is 1.49. The minimum absolute atomic E-state index is 0. The molecule has 1 amide bonds. The van der Waals surface area contributed by atoms with Crippen LogP contribution < -0.4 is 10.6 Å². The second-order valence-corrected chi connectivity index (χ2v) is 10.4. The molecule has 2 N–H and O–H groups in total. The number of carbonyl (C=O) groups is 1. The number of fused-ring (bicyclic) bond motifs is 1. The van der Waals surface area contributed by atoms with Crippen molar-refractivity contribution in [3.63, 3.8) is 0 Å². The molecule has 1 aliphatic carbocycles. The Morgan fingerprint density at radius 1 is 1.38 bits per heavy atom. The lowest BCUT2D eigenvalue weighted by atomic mass is 9.95. The van der Waals surface area contributed by atoms with Gasteiger partial charge in [0.25, 0.3) is 0 Å². The number of nitrogens with zero attached hydrogens (tertiary/aromatic N) is 2. The summed E-state index contributed by atoms with van der Waals surface area (Å²) in [5, 5.41) is 9.10. The molecule has 1 fully saturated rings. The van der Waals surface area contributed by atoms with Crippen molar-refractivity contribution in [3.8, 4) is 0 Å². The Hall–Kier alpha value is -0.680. The summed E-state index contributed by atoms with van der Waals surface area (Å²) in [6.07, 6.45) is 5.04. The fraction of sp³-hybridized carbons (Fsp3) is 0.700. The first-order valence-corrected chi connectivity index (χ1v) is 12.6. The normalized spacial score (nSPS) is 23.0. The molecule has 2 heterocycles. The number of rotatable bonds is 6. The van der Waals surface area contributed by atoms with E-state index in [0.29, 0.717) is 12.5 Å². The predicted octanol–water partition coefficient (Wildman–Crippen LogP) is 2.89. The molecule has 29 heavy (non-hydrogen) atoms. The van der Waals surface area contributed by atoms with Crippen LogP contribution in [0.5, 0.6) is 0 Å². The van der Waals surface area contributed by atoms with E-state index in [1.165, 1.54) is 10.4 Å². The minimum atomic E-state index is -0.742. The summed E-state index contributed by atoms with van der Waals surface area (Å²) in [4.78, 5) is 20.5. The molecule has 0 spiro atoms. The summed E-state index contributed by atoms with van der Waals surface area (Å²) >= 11 is 1.78. The van der Waals surface area contributed by atoms with Crippen LogP contribution >= 0.6 is 35.3 Å². The van der Waals surface area contributed by atoms with Crippen LogP contribution in [0.4, 0.5) is 0 Å². The van der Waals surface area contributed by atoms with E-state index < -0.39 is 10.8 Å². The van der Waals surface area contributed by atoms with Gasteiger partial charge in [-0.15, -0.1) is 35.3 Å². The molecule has 6 nitrogen and oxygen atoms in total. The van der Waals surface area contributed by atoms with Gasteiger partial charge in [0.15, 0.2) is 5.96 Å². The number of nitrogens with one attached hydrogen (secondary N) is 2. The molecule has 0 saturated heterocycles. The maximum Gasteiger partial charge on any atom is 0.244 e. The highest BCUT2D eigenvalue weighted by Gasteiger charge is 2.26. The molecule has 3 rings (SSSR count). The summed E-state index contributed by atoms with van der Waals surface area (Å²) in [6, 6.07) is 2.39. The third-order valence-electron chi connectivity index (χ3n) is 5.50. The summed E-state index contributed by atoms with van der Waals surface area (Å²) in [5.41, 5.74) is 1.27. The molecule has 0 bridgehead atoms. The Balaban J connectivity index is 0.00000300. The Labute approximate surface area is 197 Å². The van der Waals surface area contributed by atoms with Crippen LogP contribution in [-0.4, -0.2) is 57.7 Å². The van der Waals surface area contributed by atoms with Crippen LogP contribution in [0.2, 0.25) is 0 Å². The first-order valence-electron chi connectivity index (χ1n) is 10.4. The topological polar surface area (TPSA) is 73.8 Å². The zero-order valence-corrected chi connectivity index (χ0v) is 21.3. The van der Waals surface area contributed by atoms with Crippen molar-refractivity contribution >= 4 is 58.0 Å². The molecule has 3 atom stereocenters. The van der Waals surface area contributed by atoms with Gasteiger partial charge in [0.1, 0.15) is 6.54 Å². The van der Waals surface area contributed by atoms with Crippen LogP contribution in [0.25, 0.3) is 0 Å². The second-order valence-electron chi connectivity index (χ2n) is 7.43. The lowest BCUT2D eigenvalue weighted by Gasteiger charge is -2.30. The monoisotopic (exact) mass is 552 g/mol. The van der Waals surface area contributed by atoms with Gasteiger partial charge in [-0.25, -0.2) is 4.99 Å². The Morgan fingerprint density at radius 2 is 2.21 bits per heavy atom. The summed E-state index contributed by atoms with van der Waals surface area (Å²) < 4.78 is 12.2. The van der Waals surface area contributed by atoms with Crippen molar-refractivity contribution in [2.24, 2.45) is 4.99 Å². The van der Waals surface area contributed by atoms with Crippen LogP contribution in [0.1, 0.15) is 50.0 Å². The highest BCUT2D eigenvalue weighted by molar-refractivity contribution is 14.0. The van der Waals surface area contributed by atoms with E-state index in [4.69, 9.17) is 0 Å². The minimum Gasteiger partial charge on any atom is -0.357 e. The van der Waals surface area contributed by atoms with Gasteiger partial charge in [-0.05, 0) is 49.6 Å². The van der Waals surface area contributed by atoms with E-state index in [0.717, 1.165) is 50.9 Å². The van der Waals surface area contributed by atoms with Crippen molar-refractivity contribution < 1.29 is 9.00 Å². The van der Waals surface area contributed by atoms with Crippen LogP contribution in [0.15, 0.2) is 16.4 Å². The van der Waals surface area contributed by atoms with Gasteiger partial charge >= 0.3 is 0 Å². The van der Waals surface area contributed by atoms with Crippen LogP contribution in [-0.2, 0) is 28.6 Å². The maximum atomic E-state index is 12.6. The molecular formula is C20H33IN4O2S2. The molecule has 2 aliphatic rings. The molecule has 164 valence electrons. The molecule has 1 aliphatic heterocycles. The Morgan fingerprint density at radius 3 is 2.97 bits per heavy atom. The third kappa shape index (κ3) is 6.92. The smallest absolute Gasteiger partial charge is 0.244 e. The van der Waals surface area contributed by atoms with Crippen molar-refractivity contribution in [2.45, 2.75) is 63.8 Å². The largest absolute Gasteiger partial charge is 0.357 e. The fourth-order valence-electron chi connectivity index (χ4n) is 3.97. The van der Waals surface area contributed by atoms with Crippen molar-refractivity contribution in [1.82, 2.24) is 15.5 Å². The van der Waals surface area contributed by atoms with E-state index in [1.54, 1.807) is 11.3 Å². The SMILES string of the molecule is CCNC(=NCC(=O)N1CCc2sccc2C1)NC1CCCC(S(=O)CC)C1.I. The summed E-state index contributed by atoms with van der Waals surface area (Å²) in [6.45, 7) is 6.40. The highest BCUT2D eigenvalue weighted by atomic mass is 127. The quantitative estimate of drug-likeness (QED) is 0.324. The standard InChI is InChI=1S/C20H32N4O2S2.HI/c1-3-21-20(23-16-6-5-7-17(12-16)28(26)4-2)22-13-19(25)24-10-8-18-15(14-24)9-11-27-18;/h9,11,16-17H,3-8,10,12-14H2,1-2H3,(H2,21,22,23);1H. The molecule has 3 unspecified atom stereocenters. The van der Waals surface area contributed by atoms with Crippen molar-refractivity contribution in [1.29, 1.82) is 0 Å². The second kappa shape index (κ2) is 12.2. The van der Waals surface area contributed by atoms with Gasteiger partial charge in [0.2, 0.25) is 5.91 Å². The molecule has 1 aromatic rings. The van der Waals surface area contributed by atoms with Gasteiger partial charge < -0.3 is 15.5 Å². The average molecular weight is 553 g/mol. The predicted molar refractivity (Wildman–Crippen MR) is 133 cm³/mol. The van der Waals surface area contributed by atoms with Crippen LogP contribution in [0.3, 0.4) is 0 Å². The highest BCUT2D eigenvalue weighted by Crippen LogP contribution is 2.24. The van der Waals surface area contributed by atoms with Crippen molar-refractivity contribution in [2.75, 3.05) is 25.4 Å². The van der Waals surface area contributed by atoms with Gasteiger partial charge in [-0.3, -0.25) is 9.00 Å². The Bertz CT molecular complexity index is 725. The molecule has 0 radical (unpaired) electrons. The van der Waals surface area contributed by atoms with E-state index in [2.05, 4.69) is 27.1 Å². The molecule has 1 saturated carbocycles. The van der Waals surface area contributed by atoms with Gasteiger partial charge in [-0.2, -0.15) is 0 Å². The van der Waals surface area contributed by atoms with E-state index in [-0.39, 0.29) is 47.7 Å². The van der Waals surface area contributed by atoms with Gasteiger partial charge in [0, 0.05) is 52.4 Å². The van der Waals surface area contributed by atoms with E-state index >= 15 is 0 Å². The first-order chi connectivity index (χ1) is 13.6. The van der Waals surface area contributed by atoms with Gasteiger partial charge in [0.05, 0.1) is 0 Å². The fourth-order valence-corrected chi connectivity index (χ4v) is 6.21. The number of hydrogen-bond donors (Lipinski definition) is 2. The third-order valence-corrected chi connectivity index (χ3v) is 8.26. The van der Waals surface area contributed by atoms with Gasteiger partial charge in [-0.1, -0.05) is 13.3 Å². The number of carbonyl (C=O) groups excluding carboxylic acids is 1. The van der Waals surface area contributed by atoms with E-state index in [9.17, 15) is 9.00 Å².